The van der Waals surface area contributed by atoms with Crippen LogP contribution in [-0.2, 0) is 20.4 Å². The van der Waals surface area contributed by atoms with Gasteiger partial charge in [0.05, 0.1) is 22.9 Å². The summed E-state index contributed by atoms with van der Waals surface area (Å²) >= 11 is 0. The highest BCUT2D eigenvalue weighted by Crippen LogP contribution is 2.44. The Balaban J connectivity index is 1.71. The molecular formula is C33H42F3N3O6. The van der Waals surface area contributed by atoms with E-state index in [1.165, 1.54) is 23.6 Å². The van der Waals surface area contributed by atoms with Crippen molar-refractivity contribution in [3.8, 4) is 5.75 Å². The van der Waals surface area contributed by atoms with Gasteiger partial charge in [-0.3, -0.25) is 9.59 Å². The van der Waals surface area contributed by atoms with E-state index in [0.29, 0.717) is 32.4 Å². The van der Waals surface area contributed by atoms with Crippen molar-refractivity contribution in [2.75, 3.05) is 38.3 Å². The minimum Gasteiger partial charge on any atom is -0.476 e. The normalized spacial score (nSPS) is 19.9. The van der Waals surface area contributed by atoms with E-state index in [1.807, 2.05) is 30.3 Å². The molecule has 4 rings (SSSR count). The number of benzene rings is 2. The van der Waals surface area contributed by atoms with Gasteiger partial charge in [-0.15, -0.1) is 0 Å². The van der Waals surface area contributed by atoms with Gasteiger partial charge in [0.25, 0.3) is 11.8 Å². The summed E-state index contributed by atoms with van der Waals surface area (Å²) in [7, 11) is 1.56. The fourth-order valence-electron chi connectivity index (χ4n) is 5.71. The molecule has 12 heteroatoms. The molecule has 1 fully saturated rings. The number of nitrogens with one attached hydrogen (secondary N) is 1. The molecular weight excluding hydrogens is 591 g/mol. The third-order valence-corrected chi connectivity index (χ3v) is 7.85. The molecule has 0 aliphatic carbocycles. The Kier molecular flexibility index (Phi) is 10.1. The van der Waals surface area contributed by atoms with Crippen molar-refractivity contribution >= 4 is 23.6 Å². The lowest BCUT2D eigenvalue weighted by atomic mass is 9.85. The summed E-state index contributed by atoms with van der Waals surface area (Å²) in [5.41, 5.74) is -3.00. The lowest BCUT2D eigenvalue weighted by molar-refractivity contribution is -0.138. The lowest BCUT2D eigenvalue weighted by Gasteiger charge is -2.40. The maximum Gasteiger partial charge on any atom is 0.417 e. The number of hydrogen-bond donors (Lipinski definition) is 1. The van der Waals surface area contributed by atoms with Crippen molar-refractivity contribution in [2.45, 2.75) is 83.2 Å². The van der Waals surface area contributed by atoms with Crippen molar-refractivity contribution in [1.82, 2.24) is 10.2 Å². The van der Waals surface area contributed by atoms with Crippen LogP contribution in [0.2, 0.25) is 0 Å². The van der Waals surface area contributed by atoms with Gasteiger partial charge in [0, 0.05) is 39.3 Å². The minimum absolute atomic E-state index is 0.0356. The van der Waals surface area contributed by atoms with Crippen molar-refractivity contribution < 1.29 is 41.8 Å². The number of alkyl halides is 3. The molecule has 0 spiro atoms. The molecule has 2 aliphatic rings. The van der Waals surface area contributed by atoms with Gasteiger partial charge < -0.3 is 29.3 Å². The first-order valence-electron chi connectivity index (χ1n) is 15.1. The van der Waals surface area contributed by atoms with E-state index >= 15 is 0 Å². The molecule has 0 aromatic heterocycles. The van der Waals surface area contributed by atoms with Crippen molar-refractivity contribution in [2.24, 2.45) is 0 Å². The van der Waals surface area contributed by atoms with Crippen LogP contribution in [0.25, 0.3) is 0 Å². The van der Waals surface area contributed by atoms with Crippen LogP contribution in [0.15, 0.2) is 42.5 Å². The van der Waals surface area contributed by atoms with Crippen molar-refractivity contribution in [1.29, 1.82) is 0 Å². The third kappa shape index (κ3) is 8.08. The van der Waals surface area contributed by atoms with Crippen LogP contribution in [0.1, 0.15) is 81.3 Å². The molecule has 0 unspecified atom stereocenters. The second-order valence-electron chi connectivity index (χ2n) is 12.9. The predicted octanol–water partition coefficient (Wildman–Crippen LogP) is 6.16. The van der Waals surface area contributed by atoms with Gasteiger partial charge in [-0.2, -0.15) is 13.2 Å². The largest absolute Gasteiger partial charge is 0.476 e. The standard InChI is InChI=1S/C33H42F3N3O6/c1-31(2,3)45-30(42)38-16-14-22(21-12-8-7-9-13-21)25(20-38)37-28(40)23-18-26-27(19-24(23)33(34,35)36)44-32(4,5)29(41)39(26)15-10-11-17-43-6/h7-9,12-13,18-19,22,25H,10-11,14-17,20H2,1-6H3,(H,37,40)/t22-,25-/m1/s1. The van der Waals surface area contributed by atoms with Crippen LogP contribution in [0, 0.1) is 0 Å². The summed E-state index contributed by atoms with van der Waals surface area (Å²) in [5.74, 6) is -1.81. The highest BCUT2D eigenvalue weighted by molar-refractivity contribution is 6.05. The van der Waals surface area contributed by atoms with Crippen LogP contribution >= 0.6 is 0 Å². The fraction of sp³-hybridized carbons (Fsp3) is 0.545. The molecule has 3 amide bonds. The van der Waals surface area contributed by atoms with Gasteiger partial charge in [-0.05, 0) is 71.6 Å². The second kappa shape index (κ2) is 13.3. The Hall–Kier alpha value is -3.80. The summed E-state index contributed by atoms with van der Waals surface area (Å²) in [6.45, 7) is 9.27. The topological polar surface area (TPSA) is 97.4 Å². The molecule has 2 atom stereocenters. The molecule has 2 heterocycles. The van der Waals surface area contributed by atoms with Gasteiger partial charge in [0.15, 0.2) is 5.60 Å². The number of fused-ring (bicyclic) bond motifs is 1. The monoisotopic (exact) mass is 633 g/mol. The van der Waals surface area contributed by atoms with Crippen LogP contribution in [0.4, 0.5) is 23.7 Å². The zero-order valence-corrected chi connectivity index (χ0v) is 26.6. The average Bonchev–Trinajstić information content (AvgIpc) is 2.95. The maximum atomic E-state index is 14.5. The number of halogens is 3. The molecule has 0 radical (unpaired) electrons. The van der Waals surface area contributed by atoms with E-state index in [4.69, 9.17) is 14.2 Å². The quantitative estimate of drug-likeness (QED) is 0.350. The number of carbonyl (C=O) groups is 3. The molecule has 9 nitrogen and oxygen atoms in total. The van der Waals surface area contributed by atoms with Crippen LogP contribution in [0.5, 0.6) is 5.75 Å². The molecule has 2 aromatic carbocycles. The summed E-state index contributed by atoms with van der Waals surface area (Å²) in [6.07, 6.45) is -3.86. The number of amides is 3. The van der Waals surface area contributed by atoms with Crippen molar-refractivity contribution in [3.05, 3.63) is 59.2 Å². The molecule has 0 saturated carbocycles. The highest BCUT2D eigenvalue weighted by Gasteiger charge is 2.45. The van der Waals surface area contributed by atoms with E-state index in [9.17, 15) is 27.6 Å². The number of methoxy groups -OCH3 is 1. The van der Waals surface area contributed by atoms with Gasteiger partial charge in [-0.1, -0.05) is 30.3 Å². The molecule has 1 N–H and O–H groups in total. The lowest BCUT2D eigenvalue weighted by Crippen LogP contribution is -2.54. The number of nitrogens with zero attached hydrogens (tertiary/aromatic N) is 2. The molecule has 246 valence electrons. The minimum atomic E-state index is -4.89. The van der Waals surface area contributed by atoms with Gasteiger partial charge >= 0.3 is 12.3 Å². The molecule has 45 heavy (non-hydrogen) atoms. The van der Waals surface area contributed by atoms with Gasteiger partial charge in [0.2, 0.25) is 0 Å². The maximum absolute atomic E-state index is 14.5. The van der Waals surface area contributed by atoms with E-state index in [2.05, 4.69) is 5.32 Å². The van der Waals surface area contributed by atoms with E-state index in [0.717, 1.165) is 17.7 Å². The smallest absolute Gasteiger partial charge is 0.417 e. The number of ether oxygens (including phenoxy) is 3. The van der Waals surface area contributed by atoms with Crippen LogP contribution in [0.3, 0.4) is 0 Å². The Morgan fingerprint density at radius 3 is 2.40 bits per heavy atom. The Bertz CT molecular complexity index is 1390. The number of carbonyl (C=O) groups excluding carboxylic acids is 3. The number of piperidine rings is 1. The van der Waals surface area contributed by atoms with E-state index in [-0.39, 0.29) is 30.4 Å². The number of hydrogen-bond acceptors (Lipinski definition) is 6. The number of rotatable bonds is 8. The summed E-state index contributed by atoms with van der Waals surface area (Å²) in [5, 5.41) is 2.80. The Morgan fingerprint density at radius 1 is 1.09 bits per heavy atom. The van der Waals surface area contributed by atoms with Gasteiger partial charge in [-0.25, -0.2) is 4.79 Å². The van der Waals surface area contributed by atoms with E-state index in [1.54, 1.807) is 27.9 Å². The molecule has 0 bridgehead atoms. The third-order valence-electron chi connectivity index (χ3n) is 7.85. The first kappa shape index (κ1) is 34.1. The Labute approximate surface area is 262 Å². The number of likely N-dealkylation sites (tertiary alicyclic amines) is 1. The molecule has 2 aromatic rings. The predicted molar refractivity (Wildman–Crippen MR) is 162 cm³/mol. The molecule has 1 saturated heterocycles. The van der Waals surface area contributed by atoms with Crippen LogP contribution < -0.4 is 15.0 Å². The summed E-state index contributed by atoms with van der Waals surface area (Å²) in [6, 6.07) is 10.5. The zero-order chi connectivity index (χ0) is 33.2. The number of anilines is 1. The highest BCUT2D eigenvalue weighted by atomic mass is 19.4. The second-order valence-corrected chi connectivity index (χ2v) is 12.9. The first-order valence-corrected chi connectivity index (χ1v) is 15.1. The summed E-state index contributed by atoms with van der Waals surface area (Å²) < 4.78 is 59.8. The fourth-order valence-corrected chi connectivity index (χ4v) is 5.71. The first-order chi connectivity index (χ1) is 21.0. The SMILES string of the molecule is COCCCCN1C(=O)C(C)(C)Oc2cc(C(F)(F)F)c(C(=O)N[C@@H]3CN(C(=O)OC(C)(C)C)CC[C@@H]3c3ccccc3)cc21. The average molecular weight is 634 g/mol. The molecule has 2 aliphatic heterocycles. The van der Waals surface area contributed by atoms with Crippen molar-refractivity contribution in [3.63, 3.8) is 0 Å². The van der Waals surface area contributed by atoms with Gasteiger partial charge in [0.1, 0.15) is 11.4 Å². The van der Waals surface area contributed by atoms with E-state index < -0.39 is 52.5 Å². The number of unbranched alkanes of at least 4 members (excludes halogenated alkanes) is 1. The van der Waals surface area contributed by atoms with Crippen LogP contribution in [-0.4, -0.2) is 73.4 Å². The summed E-state index contributed by atoms with van der Waals surface area (Å²) in [4.78, 5) is 43.0. The Morgan fingerprint density at radius 2 is 1.78 bits per heavy atom. The zero-order valence-electron chi connectivity index (χ0n) is 26.6.